The number of hydrogen-bond acceptors (Lipinski definition) is 3. The molecule has 17 heavy (non-hydrogen) atoms. The van der Waals surface area contributed by atoms with E-state index in [1.165, 1.54) is 37.3 Å². The van der Waals surface area contributed by atoms with Crippen molar-refractivity contribution in [2.45, 2.75) is 20.3 Å². The topological polar surface area (TPSA) is 32.5 Å². The van der Waals surface area contributed by atoms with Crippen molar-refractivity contribution < 1.29 is 0 Å². The Balaban J connectivity index is 1.98. The van der Waals surface area contributed by atoms with Gasteiger partial charge in [0.2, 0.25) is 0 Å². The summed E-state index contributed by atoms with van der Waals surface area (Å²) < 4.78 is 0. The summed E-state index contributed by atoms with van der Waals surface area (Å²) in [5.41, 5.74) is 9.30. The molecule has 1 fully saturated rings. The average Bonchev–Trinajstić information content (AvgIpc) is 2.34. The molecule has 1 heterocycles. The molecule has 3 nitrogen and oxygen atoms in total. The number of aryl methyl sites for hydroxylation is 1. The molecule has 2 rings (SSSR count). The Hall–Kier alpha value is -1.22. The summed E-state index contributed by atoms with van der Waals surface area (Å²) in [6, 6.07) is 6.40. The molecule has 1 saturated heterocycles. The van der Waals surface area contributed by atoms with E-state index in [0.29, 0.717) is 0 Å². The summed E-state index contributed by atoms with van der Waals surface area (Å²) in [6.07, 6.45) is 1.25. The largest absolute Gasteiger partial charge is 0.398 e. The molecule has 0 bridgehead atoms. The highest BCUT2D eigenvalue weighted by Gasteiger charge is 2.16. The van der Waals surface area contributed by atoms with Gasteiger partial charge >= 0.3 is 0 Å². The van der Waals surface area contributed by atoms with Gasteiger partial charge in [-0.1, -0.05) is 13.0 Å². The molecule has 0 aliphatic carbocycles. The lowest BCUT2D eigenvalue weighted by atomic mass is 10.1. The number of hydrogen-bond donors (Lipinski definition) is 1. The van der Waals surface area contributed by atoms with E-state index < -0.39 is 0 Å². The smallest absolute Gasteiger partial charge is 0.0387 e. The van der Waals surface area contributed by atoms with Crippen molar-refractivity contribution in [1.29, 1.82) is 0 Å². The van der Waals surface area contributed by atoms with Crippen molar-refractivity contribution in [3.63, 3.8) is 0 Å². The van der Waals surface area contributed by atoms with Gasteiger partial charge in [-0.05, 0) is 37.6 Å². The van der Waals surface area contributed by atoms with Crippen molar-refractivity contribution >= 4 is 11.4 Å². The zero-order chi connectivity index (χ0) is 12.3. The second-order valence-electron chi connectivity index (χ2n) is 4.87. The van der Waals surface area contributed by atoms with Crippen molar-refractivity contribution in [2.75, 3.05) is 43.4 Å². The molecule has 3 heteroatoms. The number of nitrogens with zero attached hydrogens (tertiary/aromatic N) is 2. The van der Waals surface area contributed by atoms with Crippen LogP contribution in [0, 0.1) is 6.92 Å². The number of benzene rings is 1. The highest BCUT2D eigenvalue weighted by Crippen LogP contribution is 2.22. The van der Waals surface area contributed by atoms with Gasteiger partial charge in [-0.15, -0.1) is 0 Å². The maximum atomic E-state index is 5.97. The normalized spacial score (nSPS) is 17.4. The SMILES string of the molecule is CCCN1CCN(c2ccc(C)c(N)c2)CC1. The molecule has 94 valence electrons. The lowest BCUT2D eigenvalue weighted by Gasteiger charge is -2.36. The van der Waals surface area contributed by atoms with Gasteiger partial charge < -0.3 is 10.6 Å². The van der Waals surface area contributed by atoms with Crippen LogP contribution >= 0.6 is 0 Å². The molecule has 0 amide bonds. The van der Waals surface area contributed by atoms with Gasteiger partial charge in [-0.2, -0.15) is 0 Å². The summed E-state index contributed by atoms with van der Waals surface area (Å²) in [7, 11) is 0. The molecule has 0 radical (unpaired) electrons. The number of rotatable bonds is 3. The summed E-state index contributed by atoms with van der Waals surface area (Å²) in [5.74, 6) is 0. The molecule has 1 aromatic rings. The third-order valence-corrected chi connectivity index (χ3v) is 3.54. The Kier molecular flexibility index (Phi) is 3.89. The van der Waals surface area contributed by atoms with Crippen LogP contribution in [-0.4, -0.2) is 37.6 Å². The van der Waals surface area contributed by atoms with Crippen LogP contribution in [0.2, 0.25) is 0 Å². The highest BCUT2D eigenvalue weighted by molar-refractivity contribution is 5.59. The van der Waals surface area contributed by atoms with Crippen LogP contribution in [0.15, 0.2) is 18.2 Å². The van der Waals surface area contributed by atoms with E-state index in [1.807, 2.05) is 0 Å². The lowest BCUT2D eigenvalue weighted by Crippen LogP contribution is -2.46. The van der Waals surface area contributed by atoms with Crippen LogP contribution in [0.5, 0.6) is 0 Å². The van der Waals surface area contributed by atoms with Gasteiger partial charge in [0.15, 0.2) is 0 Å². The van der Waals surface area contributed by atoms with E-state index in [4.69, 9.17) is 5.73 Å². The predicted octanol–water partition coefficient (Wildman–Crippen LogP) is 2.11. The monoisotopic (exact) mass is 233 g/mol. The summed E-state index contributed by atoms with van der Waals surface area (Å²) in [4.78, 5) is 4.97. The second-order valence-corrected chi connectivity index (χ2v) is 4.87. The minimum Gasteiger partial charge on any atom is -0.398 e. The fourth-order valence-electron chi connectivity index (χ4n) is 2.37. The molecule has 0 saturated carbocycles. The Morgan fingerprint density at radius 2 is 1.88 bits per heavy atom. The molecule has 0 atom stereocenters. The minimum absolute atomic E-state index is 0.901. The second kappa shape index (κ2) is 5.41. The first-order chi connectivity index (χ1) is 8.20. The standard InChI is InChI=1S/C14H23N3/c1-3-6-16-7-9-17(10-8-16)13-5-4-12(2)14(15)11-13/h4-5,11H,3,6-10,15H2,1-2H3. The number of anilines is 2. The minimum atomic E-state index is 0.901. The van der Waals surface area contributed by atoms with Crippen LogP contribution in [-0.2, 0) is 0 Å². The Labute approximate surface area is 104 Å². The van der Waals surface area contributed by atoms with E-state index in [-0.39, 0.29) is 0 Å². The van der Waals surface area contributed by atoms with E-state index >= 15 is 0 Å². The molecule has 1 aliphatic heterocycles. The quantitative estimate of drug-likeness (QED) is 0.812. The molecular formula is C14H23N3. The van der Waals surface area contributed by atoms with Gasteiger partial charge in [0.25, 0.3) is 0 Å². The predicted molar refractivity (Wildman–Crippen MR) is 74.5 cm³/mol. The maximum Gasteiger partial charge on any atom is 0.0387 e. The molecule has 1 aromatic carbocycles. The highest BCUT2D eigenvalue weighted by atomic mass is 15.3. The fraction of sp³-hybridized carbons (Fsp3) is 0.571. The third-order valence-electron chi connectivity index (χ3n) is 3.54. The molecule has 2 N–H and O–H groups in total. The molecular weight excluding hydrogens is 210 g/mol. The summed E-state index contributed by atoms with van der Waals surface area (Å²) in [6.45, 7) is 10.1. The van der Waals surface area contributed by atoms with Crippen molar-refractivity contribution in [1.82, 2.24) is 4.90 Å². The first-order valence-electron chi connectivity index (χ1n) is 6.54. The first-order valence-corrected chi connectivity index (χ1v) is 6.54. The summed E-state index contributed by atoms with van der Waals surface area (Å²) in [5, 5.41) is 0. The Morgan fingerprint density at radius 3 is 2.47 bits per heavy atom. The number of nitrogens with two attached hydrogens (primary N) is 1. The molecule has 0 spiro atoms. The van der Waals surface area contributed by atoms with Crippen molar-refractivity contribution in [3.8, 4) is 0 Å². The van der Waals surface area contributed by atoms with Gasteiger partial charge in [-0.3, -0.25) is 4.90 Å². The Morgan fingerprint density at radius 1 is 1.18 bits per heavy atom. The third kappa shape index (κ3) is 2.91. The van der Waals surface area contributed by atoms with Crippen LogP contribution in [0.4, 0.5) is 11.4 Å². The average molecular weight is 233 g/mol. The van der Waals surface area contributed by atoms with E-state index in [9.17, 15) is 0 Å². The maximum absolute atomic E-state index is 5.97. The van der Waals surface area contributed by atoms with Gasteiger partial charge in [0.1, 0.15) is 0 Å². The van der Waals surface area contributed by atoms with Crippen LogP contribution in [0.1, 0.15) is 18.9 Å². The molecule has 0 aromatic heterocycles. The van der Waals surface area contributed by atoms with Gasteiger partial charge in [-0.25, -0.2) is 0 Å². The van der Waals surface area contributed by atoms with Crippen molar-refractivity contribution in [2.24, 2.45) is 0 Å². The van der Waals surface area contributed by atoms with E-state index in [1.54, 1.807) is 0 Å². The zero-order valence-electron chi connectivity index (χ0n) is 10.9. The molecule has 1 aliphatic rings. The first kappa shape index (κ1) is 12.2. The number of piperazine rings is 1. The summed E-state index contributed by atoms with van der Waals surface area (Å²) >= 11 is 0. The van der Waals surface area contributed by atoms with Crippen LogP contribution < -0.4 is 10.6 Å². The number of nitrogen functional groups attached to an aromatic ring is 1. The van der Waals surface area contributed by atoms with Gasteiger partial charge in [0.05, 0.1) is 0 Å². The Bertz CT molecular complexity index is 368. The fourth-order valence-corrected chi connectivity index (χ4v) is 2.37. The zero-order valence-corrected chi connectivity index (χ0v) is 10.9. The van der Waals surface area contributed by atoms with E-state index in [0.717, 1.165) is 18.8 Å². The van der Waals surface area contributed by atoms with Crippen molar-refractivity contribution in [3.05, 3.63) is 23.8 Å². The van der Waals surface area contributed by atoms with Crippen LogP contribution in [0.3, 0.4) is 0 Å². The van der Waals surface area contributed by atoms with Crippen LogP contribution in [0.25, 0.3) is 0 Å². The van der Waals surface area contributed by atoms with E-state index in [2.05, 4.69) is 41.8 Å². The lowest BCUT2D eigenvalue weighted by molar-refractivity contribution is 0.258. The van der Waals surface area contributed by atoms with Gasteiger partial charge in [0, 0.05) is 37.6 Å². The molecule has 0 unspecified atom stereocenters.